The van der Waals surface area contributed by atoms with E-state index in [0.717, 1.165) is 38.5 Å². The molecule has 0 amide bonds. The van der Waals surface area contributed by atoms with Crippen molar-refractivity contribution in [1.29, 1.82) is 0 Å². The molecule has 5 nitrogen and oxygen atoms in total. The van der Waals surface area contributed by atoms with Crippen LogP contribution in [-0.4, -0.2) is 34.8 Å². The van der Waals surface area contributed by atoms with Crippen LogP contribution >= 0.6 is 0 Å². The monoisotopic (exact) mass is 470 g/mol. The van der Waals surface area contributed by atoms with Gasteiger partial charge < -0.3 is 14.2 Å². The highest BCUT2D eigenvalue weighted by atomic mass is 16.8. The third-order valence-corrected chi connectivity index (χ3v) is 10.2. The summed E-state index contributed by atoms with van der Waals surface area (Å²) in [7, 11) is 0. The molecule has 1 spiro atoms. The van der Waals surface area contributed by atoms with Gasteiger partial charge in [-0.15, -0.1) is 0 Å². The maximum atomic E-state index is 12.2. The van der Waals surface area contributed by atoms with E-state index in [-0.39, 0.29) is 35.1 Å². The van der Waals surface area contributed by atoms with Crippen molar-refractivity contribution >= 4 is 11.8 Å². The number of esters is 1. The van der Waals surface area contributed by atoms with E-state index in [1.807, 2.05) is 6.08 Å². The number of rotatable bonds is 6. The fraction of sp³-hybridized carbons (Fsp3) is 0.793. The smallest absolute Gasteiger partial charge is 0.303 e. The highest BCUT2D eigenvalue weighted by Gasteiger charge is 2.78. The maximum absolute atomic E-state index is 12.2. The van der Waals surface area contributed by atoms with Crippen LogP contribution in [0, 0.1) is 29.1 Å². The third kappa shape index (κ3) is 3.32. The first-order valence-corrected chi connectivity index (χ1v) is 13.5. The first-order chi connectivity index (χ1) is 16.0. The molecule has 0 radical (unpaired) electrons. The van der Waals surface area contributed by atoms with E-state index in [0.29, 0.717) is 11.8 Å². The fourth-order valence-electron chi connectivity index (χ4n) is 8.26. The Kier molecular flexibility index (Phi) is 5.72. The van der Waals surface area contributed by atoms with Crippen LogP contribution in [0.2, 0.25) is 0 Å². The first-order valence-electron chi connectivity index (χ1n) is 13.5. The zero-order valence-corrected chi connectivity index (χ0v) is 21.8. The summed E-state index contributed by atoms with van der Waals surface area (Å²) in [6.07, 6.45) is 13.2. The quantitative estimate of drug-likeness (QED) is 0.451. The van der Waals surface area contributed by atoms with E-state index in [1.54, 1.807) is 6.08 Å². The van der Waals surface area contributed by atoms with Gasteiger partial charge in [-0.3, -0.25) is 9.59 Å². The first kappa shape index (κ1) is 24.2. The van der Waals surface area contributed by atoms with Crippen molar-refractivity contribution in [3.8, 4) is 0 Å². The summed E-state index contributed by atoms with van der Waals surface area (Å²) < 4.78 is 20.2. The molecule has 0 N–H and O–H groups in total. The van der Waals surface area contributed by atoms with Gasteiger partial charge in [0.2, 0.25) is 0 Å². The standard InChI is InChI=1S/C29H42O5/c1-18(2)8-7-9-19(3)29-15-14-28(34-29)23-11-10-21-16-22(31)12-13-26(21,5)24(23)17-25(32-20(4)30)27(28,6)33-29/h12-13,16,18-19,23-25H,7-11,14-15,17H2,1-6H3/t19-,23-,24+,25+,26-,27+,28-,29+/m1/s1. The number of hydrogen-bond donors (Lipinski definition) is 0. The Bertz CT molecular complexity index is 935. The van der Waals surface area contributed by atoms with Crippen molar-refractivity contribution in [1.82, 2.24) is 0 Å². The molecule has 0 aromatic rings. The Hall–Kier alpha value is -1.46. The minimum Gasteiger partial charge on any atom is -0.459 e. The van der Waals surface area contributed by atoms with Crippen molar-refractivity contribution in [2.45, 2.75) is 116 Å². The number of ether oxygens (including phenoxy) is 3. The minimum absolute atomic E-state index is 0.0804. The zero-order valence-electron chi connectivity index (χ0n) is 21.8. The summed E-state index contributed by atoms with van der Waals surface area (Å²) in [4.78, 5) is 24.4. The van der Waals surface area contributed by atoms with Crippen molar-refractivity contribution in [2.24, 2.45) is 29.1 Å². The number of hydrogen-bond acceptors (Lipinski definition) is 5. The Morgan fingerprint density at radius 2 is 1.91 bits per heavy atom. The lowest BCUT2D eigenvalue weighted by atomic mass is 9.47. The summed E-state index contributed by atoms with van der Waals surface area (Å²) in [5, 5.41) is 0. The predicted octanol–water partition coefficient (Wildman–Crippen LogP) is 5.92. The zero-order chi connectivity index (χ0) is 24.5. The van der Waals surface area contributed by atoms with Gasteiger partial charge in [-0.25, -0.2) is 0 Å². The van der Waals surface area contributed by atoms with Crippen LogP contribution in [-0.2, 0) is 23.8 Å². The number of fused-ring (bicyclic) bond motifs is 4. The topological polar surface area (TPSA) is 61.8 Å². The maximum Gasteiger partial charge on any atom is 0.303 e. The molecule has 5 heteroatoms. The normalized spacial score (nSPS) is 45.4. The molecule has 0 aromatic carbocycles. The molecular formula is C29H42O5. The van der Waals surface area contributed by atoms with Crippen molar-refractivity contribution in [3.63, 3.8) is 0 Å². The molecule has 5 rings (SSSR count). The van der Waals surface area contributed by atoms with Gasteiger partial charge in [-0.1, -0.05) is 52.2 Å². The van der Waals surface area contributed by atoms with Gasteiger partial charge in [0, 0.05) is 24.7 Å². The predicted molar refractivity (Wildman–Crippen MR) is 130 cm³/mol. The molecule has 0 aromatic heterocycles. The molecule has 2 heterocycles. The van der Waals surface area contributed by atoms with E-state index in [1.165, 1.54) is 25.3 Å². The van der Waals surface area contributed by atoms with Gasteiger partial charge in [0.25, 0.3) is 0 Å². The van der Waals surface area contributed by atoms with E-state index >= 15 is 0 Å². The lowest BCUT2D eigenvalue weighted by molar-refractivity contribution is -0.244. The molecule has 188 valence electrons. The summed E-state index contributed by atoms with van der Waals surface area (Å²) in [6.45, 7) is 12.7. The highest BCUT2D eigenvalue weighted by Crippen LogP contribution is 2.70. The average molecular weight is 471 g/mol. The van der Waals surface area contributed by atoms with Crippen LogP contribution in [0.4, 0.5) is 0 Å². The van der Waals surface area contributed by atoms with E-state index in [2.05, 4.69) is 40.7 Å². The molecule has 2 aliphatic heterocycles. The number of carbonyl (C=O) groups is 2. The lowest BCUT2D eigenvalue weighted by Gasteiger charge is -2.61. The van der Waals surface area contributed by atoms with Crippen molar-refractivity contribution in [3.05, 3.63) is 23.8 Å². The second kappa shape index (κ2) is 8.03. The van der Waals surface area contributed by atoms with Crippen LogP contribution in [0.1, 0.15) is 92.9 Å². The molecule has 3 aliphatic carbocycles. The van der Waals surface area contributed by atoms with Gasteiger partial charge in [-0.2, -0.15) is 0 Å². The second-order valence-corrected chi connectivity index (χ2v) is 12.5. The number of allylic oxidation sites excluding steroid dienone is 4. The molecular weight excluding hydrogens is 428 g/mol. The molecule has 4 fully saturated rings. The van der Waals surface area contributed by atoms with Gasteiger partial charge in [-0.05, 0) is 68.9 Å². The van der Waals surface area contributed by atoms with Crippen LogP contribution in [0.3, 0.4) is 0 Å². The van der Waals surface area contributed by atoms with E-state index < -0.39 is 17.0 Å². The van der Waals surface area contributed by atoms with Gasteiger partial charge in [0.05, 0.1) is 0 Å². The highest BCUT2D eigenvalue weighted by molar-refractivity contribution is 6.01. The third-order valence-electron chi connectivity index (χ3n) is 10.2. The number of ketones is 1. The van der Waals surface area contributed by atoms with Gasteiger partial charge >= 0.3 is 5.97 Å². The lowest BCUT2D eigenvalue weighted by Crippen LogP contribution is -2.69. The van der Waals surface area contributed by atoms with Crippen molar-refractivity contribution < 1.29 is 23.8 Å². The molecule has 5 aliphatic rings. The summed E-state index contributed by atoms with van der Waals surface area (Å²) in [6, 6.07) is 0. The Balaban J connectivity index is 1.51. The molecule has 8 atom stereocenters. The van der Waals surface area contributed by atoms with Gasteiger partial charge in [0.1, 0.15) is 17.3 Å². The Morgan fingerprint density at radius 1 is 1.15 bits per heavy atom. The second-order valence-electron chi connectivity index (χ2n) is 12.5. The van der Waals surface area contributed by atoms with E-state index in [9.17, 15) is 9.59 Å². The summed E-state index contributed by atoms with van der Waals surface area (Å²) >= 11 is 0. The van der Waals surface area contributed by atoms with Crippen LogP contribution in [0.15, 0.2) is 23.8 Å². The Labute approximate surface area is 204 Å². The van der Waals surface area contributed by atoms with Crippen molar-refractivity contribution in [2.75, 3.05) is 0 Å². The minimum atomic E-state index is -0.657. The summed E-state index contributed by atoms with van der Waals surface area (Å²) in [5.41, 5.74) is -0.124. The van der Waals surface area contributed by atoms with Crippen LogP contribution in [0.25, 0.3) is 0 Å². The van der Waals surface area contributed by atoms with Crippen LogP contribution < -0.4 is 0 Å². The largest absolute Gasteiger partial charge is 0.459 e. The van der Waals surface area contributed by atoms with Gasteiger partial charge in [0.15, 0.2) is 11.6 Å². The van der Waals surface area contributed by atoms with Crippen LogP contribution in [0.5, 0.6) is 0 Å². The molecule has 2 saturated carbocycles. The SMILES string of the molecule is CC(=O)O[C@H]1C[C@H]2[C@@H](CCC3=CC(=O)C=C[C@]32C)[C@]23CC[C@]([C@H](C)CCCC(C)C)(O[C@@]12C)O3. The molecule has 34 heavy (non-hydrogen) atoms. The summed E-state index contributed by atoms with van der Waals surface area (Å²) in [5.74, 6) is 0.730. The van der Waals surface area contributed by atoms with E-state index in [4.69, 9.17) is 14.2 Å². The molecule has 2 bridgehead atoms. The molecule has 2 saturated heterocycles. The fourth-order valence-corrected chi connectivity index (χ4v) is 8.26. The molecule has 0 unspecified atom stereocenters. The average Bonchev–Trinajstić information content (AvgIpc) is 3.27. The number of carbonyl (C=O) groups excluding carboxylic acids is 2. The Morgan fingerprint density at radius 3 is 2.62 bits per heavy atom.